The molecule has 0 unspecified atom stereocenters. The molecule has 0 atom stereocenters. The van der Waals surface area contributed by atoms with Gasteiger partial charge in [-0.1, -0.05) is 6.42 Å². The predicted molar refractivity (Wildman–Crippen MR) is 102 cm³/mol. The molecule has 25 heavy (non-hydrogen) atoms. The number of aliphatic imine (C=N–C) groups is 1. The van der Waals surface area contributed by atoms with Crippen LogP contribution in [0.25, 0.3) is 0 Å². The molecule has 0 spiro atoms. The lowest BCUT2D eigenvalue weighted by Crippen LogP contribution is -2.51. The molecular weight excluding hydrogens is 336 g/mol. The van der Waals surface area contributed by atoms with Crippen molar-refractivity contribution in [1.82, 2.24) is 14.8 Å². The molecule has 1 amide bonds. The first-order valence-electron chi connectivity index (χ1n) is 9.21. The zero-order valence-electron chi connectivity index (χ0n) is 14.8. The van der Waals surface area contributed by atoms with Crippen LogP contribution in [0.4, 0.5) is 5.13 Å². The number of hydrogen-bond acceptors (Lipinski definition) is 5. The number of likely N-dealkylation sites (tertiary alicyclic amines) is 1. The van der Waals surface area contributed by atoms with E-state index in [2.05, 4.69) is 19.8 Å². The first kappa shape index (κ1) is 18.0. The van der Waals surface area contributed by atoms with E-state index in [0.717, 1.165) is 63.7 Å². The molecule has 2 N–H and O–H groups in total. The van der Waals surface area contributed by atoms with Crippen molar-refractivity contribution >= 4 is 28.3 Å². The van der Waals surface area contributed by atoms with E-state index in [9.17, 15) is 4.79 Å². The van der Waals surface area contributed by atoms with Crippen molar-refractivity contribution in [2.75, 3.05) is 50.7 Å². The van der Waals surface area contributed by atoms with Crippen molar-refractivity contribution in [2.45, 2.75) is 32.1 Å². The van der Waals surface area contributed by atoms with Crippen LogP contribution >= 0.6 is 11.3 Å². The number of nitrogens with zero attached hydrogens (tertiary/aromatic N) is 5. The number of carbonyl (C=O) groups is 1. The summed E-state index contributed by atoms with van der Waals surface area (Å²) in [5, 5.41) is 3.09. The van der Waals surface area contributed by atoms with Gasteiger partial charge in [0.15, 0.2) is 11.1 Å². The normalized spacial score (nSPS) is 20.1. The Labute approximate surface area is 153 Å². The van der Waals surface area contributed by atoms with Gasteiger partial charge in [-0.05, 0) is 19.3 Å². The Balaban J connectivity index is 1.38. The van der Waals surface area contributed by atoms with Crippen molar-refractivity contribution in [3.05, 3.63) is 11.6 Å². The molecule has 0 saturated carbocycles. The van der Waals surface area contributed by atoms with E-state index >= 15 is 0 Å². The number of guanidine groups is 1. The second kappa shape index (κ2) is 9.03. The molecule has 0 bridgehead atoms. The highest BCUT2D eigenvalue weighted by molar-refractivity contribution is 7.13. The number of thiazole rings is 1. The van der Waals surface area contributed by atoms with Crippen molar-refractivity contribution in [3.63, 3.8) is 0 Å². The Bertz CT molecular complexity index is 568. The van der Waals surface area contributed by atoms with Gasteiger partial charge in [0.25, 0.3) is 0 Å². The quantitative estimate of drug-likeness (QED) is 0.485. The maximum atomic E-state index is 12.0. The van der Waals surface area contributed by atoms with Gasteiger partial charge in [0.2, 0.25) is 5.91 Å². The minimum Gasteiger partial charge on any atom is -0.370 e. The summed E-state index contributed by atoms with van der Waals surface area (Å²) in [6.07, 6.45) is 6.76. The number of nitrogens with two attached hydrogens (primary N) is 1. The molecule has 3 heterocycles. The van der Waals surface area contributed by atoms with Crippen LogP contribution in [0, 0.1) is 0 Å². The third-order valence-corrected chi connectivity index (χ3v) is 5.66. The summed E-state index contributed by atoms with van der Waals surface area (Å²) >= 11 is 1.67. The van der Waals surface area contributed by atoms with E-state index in [1.165, 1.54) is 6.42 Å². The summed E-state index contributed by atoms with van der Waals surface area (Å²) in [5.74, 6) is 0.925. The van der Waals surface area contributed by atoms with Crippen LogP contribution in [0.15, 0.2) is 16.6 Å². The van der Waals surface area contributed by atoms with E-state index in [1.54, 1.807) is 11.3 Å². The molecule has 0 aromatic carbocycles. The highest BCUT2D eigenvalue weighted by Gasteiger charge is 2.20. The fourth-order valence-corrected chi connectivity index (χ4v) is 4.03. The summed E-state index contributed by atoms with van der Waals surface area (Å²) in [6.45, 7) is 5.98. The van der Waals surface area contributed by atoms with Gasteiger partial charge >= 0.3 is 0 Å². The summed E-state index contributed by atoms with van der Waals surface area (Å²) in [4.78, 5) is 27.3. The van der Waals surface area contributed by atoms with Crippen LogP contribution in [0.2, 0.25) is 0 Å². The molecule has 138 valence electrons. The van der Waals surface area contributed by atoms with Crippen LogP contribution in [-0.4, -0.2) is 72.5 Å². The first-order valence-corrected chi connectivity index (χ1v) is 10.1. The Kier molecular flexibility index (Phi) is 6.49. The topological polar surface area (TPSA) is 78.1 Å². The van der Waals surface area contributed by atoms with Gasteiger partial charge in [-0.2, -0.15) is 0 Å². The lowest BCUT2D eigenvalue weighted by molar-refractivity contribution is -0.130. The molecule has 7 nitrogen and oxygen atoms in total. The van der Waals surface area contributed by atoms with Crippen LogP contribution in [0.5, 0.6) is 0 Å². The van der Waals surface area contributed by atoms with Gasteiger partial charge < -0.3 is 20.4 Å². The van der Waals surface area contributed by atoms with Crippen molar-refractivity contribution in [3.8, 4) is 0 Å². The average Bonchev–Trinajstić information content (AvgIpc) is 3.10. The van der Waals surface area contributed by atoms with E-state index in [1.807, 2.05) is 16.5 Å². The Morgan fingerprint density at radius 1 is 1.20 bits per heavy atom. The Morgan fingerprint density at radius 3 is 2.80 bits per heavy atom. The smallest absolute Gasteiger partial charge is 0.222 e. The molecule has 1 aromatic heterocycles. The summed E-state index contributed by atoms with van der Waals surface area (Å²) < 4.78 is 0. The fourth-order valence-electron chi connectivity index (χ4n) is 3.33. The number of anilines is 1. The maximum Gasteiger partial charge on any atom is 0.222 e. The zero-order chi connectivity index (χ0) is 17.5. The van der Waals surface area contributed by atoms with Crippen molar-refractivity contribution in [2.24, 2.45) is 10.7 Å². The van der Waals surface area contributed by atoms with Gasteiger partial charge in [-0.3, -0.25) is 9.79 Å². The fraction of sp³-hybridized carbons (Fsp3) is 0.706. The van der Waals surface area contributed by atoms with Gasteiger partial charge in [-0.25, -0.2) is 4.98 Å². The molecule has 0 radical (unpaired) electrons. The van der Waals surface area contributed by atoms with Crippen molar-refractivity contribution < 1.29 is 4.79 Å². The first-order chi connectivity index (χ1) is 12.2. The molecule has 1 aromatic rings. The summed E-state index contributed by atoms with van der Waals surface area (Å²) in [6, 6.07) is 0. The molecule has 2 fully saturated rings. The second-order valence-corrected chi connectivity index (χ2v) is 7.45. The molecular formula is C17H28N6OS. The number of amides is 1. The second-order valence-electron chi connectivity index (χ2n) is 6.57. The van der Waals surface area contributed by atoms with E-state index in [4.69, 9.17) is 5.73 Å². The predicted octanol–water partition coefficient (Wildman–Crippen LogP) is 1.37. The van der Waals surface area contributed by atoms with E-state index < -0.39 is 0 Å². The third kappa shape index (κ3) is 5.07. The van der Waals surface area contributed by atoms with Gasteiger partial charge in [0.1, 0.15) is 0 Å². The minimum atomic E-state index is 0.299. The molecule has 8 heteroatoms. The van der Waals surface area contributed by atoms with Gasteiger partial charge in [0, 0.05) is 63.8 Å². The molecule has 2 aliphatic rings. The maximum absolute atomic E-state index is 12.0. The number of hydrogen-bond donors (Lipinski definition) is 1. The number of piperazine rings is 1. The highest BCUT2D eigenvalue weighted by atomic mass is 32.1. The zero-order valence-corrected chi connectivity index (χ0v) is 15.6. The van der Waals surface area contributed by atoms with Gasteiger partial charge in [0.05, 0.1) is 0 Å². The van der Waals surface area contributed by atoms with Crippen molar-refractivity contribution in [1.29, 1.82) is 0 Å². The van der Waals surface area contributed by atoms with Crippen LogP contribution in [0.3, 0.4) is 0 Å². The largest absolute Gasteiger partial charge is 0.370 e. The lowest BCUT2D eigenvalue weighted by atomic mass is 10.2. The highest BCUT2D eigenvalue weighted by Crippen LogP contribution is 2.18. The molecule has 2 aliphatic heterocycles. The number of carbonyl (C=O) groups excluding carboxylic acids is 1. The number of rotatable bonds is 5. The van der Waals surface area contributed by atoms with Gasteiger partial charge in [-0.15, -0.1) is 11.3 Å². The van der Waals surface area contributed by atoms with Crippen LogP contribution in [-0.2, 0) is 4.79 Å². The minimum absolute atomic E-state index is 0.299. The summed E-state index contributed by atoms with van der Waals surface area (Å²) in [7, 11) is 0. The standard InChI is InChI=1S/C17H28N6OS/c18-16(19-6-4-9-21-8-3-1-2-5-15(21)24)22-10-12-23(13-11-22)17-20-7-14-25-17/h7,14H,1-6,8-13H2,(H2,18,19). The summed E-state index contributed by atoms with van der Waals surface area (Å²) in [5.41, 5.74) is 6.15. The Morgan fingerprint density at radius 2 is 2.04 bits per heavy atom. The molecule has 0 aliphatic carbocycles. The van der Waals surface area contributed by atoms with Crippen LogP contribution < -0.4 is 10.6 Å². The van der Waals surface area contributed by atoms with E-state index in [-0.39, 0.29) is 0 Å². The third-order valence-electron chi connectivity index (χ3n) is 4.82. The molecule has 3 rings (SSSR count). The Hall–Kier alpha value is -1.83. The van der Waals surface area contributed by atoms with Crippen LogP contribution in [0.1, 0.15) is 32.1 Å². The lowest BCUT2D eigenvalue weighted by Gasteiger charge is -2.35. The van der Waals surface area contributed by atoms with E-state index in [0.29, 0.717) is 24.8 Å². The average molecular weight is 365 g/mol. The SMILES string of the molecule is NC(=NCCCN1CCCCCC1=O)N1CCN(c2nccs2)CC1. The molecule has 2 saturated heterocycles. The monoisotopic (exact) mass is 364 g/mol. The number of aromatic nitrogens is 1.